The molecule has 0 saturated carbocycles. The molecule has 0 aliphatic carbocycles. The van der Waals surface area contributed by atoms with Crippen molar-refractivity contribution in [2.24, 2.45) is 0 Å². The maximum atomic E-state index is 12.6. The van der Waals surface area contributed by atoms with Crippen LogP contribution < -0.4 is 5.32 Å². The van der Waals surface area contributed by atoms with Crippen molar-refractivity contribution in [3.8, 4) is 0 Å². The monoisotopic (exact) mass is 430 g/mol. The molecule has 1 aromatic heterocycles. The molecule has 148 valence electrons. The van der Waals surface area contributed by atoms with Crippen molar-refractivity contribution in [1.29, 1.82) is 0 Å². The number of rotatable bonds is 5. The molecule has 1 unspecified atom stereocenters. The predicted octanol–water partition coefficient (Wildman–Crippen LogP) is 3.74. The average Bonchev–Trinajstić information content (AvgIpc) is 2.65. The number of cyclic esters (lactones) is 1. The van der Waals surface area contributed by atoms with E-state index in [4.69, 9.17) is 16.3 Å². The number of benzene rings is 1. The van der Waals surface area contributed by atoms with Crippen molar-refractivity contribution in [2.75, 3.05) is 12.3 Å². The van der Waals surface area contributed by atoms with Gasteiger partial charge in [-0.3, -0.25) is 4.79 Å². The third kappa shape index (κ3) is 4.77. The summed E-state index contributed by atoms with van der Waals surface area (Å²) < 4.78 is 43.0. The zero-order valence-corrected chi connectivity index (χ0v) is 15.8. The zero-order chi connectivity index (χ0) is 20.3. The maximum Gasteiger partial charge on any atom is 0.417 e. The molecule has 5 nitrogen and oxygen atoms in total. The number of nitrogens with one attached hydrogen (secondary N) is 1. The van der Waals surface area contributed by atoms with Crippen LogP contribution in [-0.2, 0) is 22.1 Å². The molecule has 0 radical (unpaired) electrons. The average molecular weight is 431 g/mol. The number of alkyl halides is 3. The third-order valence-corrected chi connectivity index (χ3v) is 5.37. The summed E-state index contributed by atoms with van der Waals surface area (Å²) >= 11 is 6.95. The minimum absolute atomic E-state index is 0.107. The molecule has 2 heterocycles. The van der Waals surface area contributed by atoms with Gasteiger partial charge in [-0.15, -0.1) is 11.8 Å². The molecule has 0 fully saturated rings. The van der Waals surface area contributed by atoms with Gasteiger partial charge in [-0.25, -0.2) is 9.78 Å². The van der Waals surface area contributed by atoms with Crippen LogP contribution in [0.3, 0.4) is 0 Å². The molecule has 1 aliphatic heterocycles. The number of pyridine rings is 1. The number of hydrogen-bond donors (Lipinski definition) is 1. The fourth-order valence-electron chi connectivity index (χ4n) is 2.60. The highest BCUT2D eigenvalue weighted by Crippen LogP contribution is 2.33. The van der Waals surface area contributed by atoms with Gasteiger partial charge in [0.1, 0.15) is 5.03 Å². The molecule has 2 aromatic rings. The summed E-state index contributed by atoms with van der Waals surface area (Å²) in [7, 11) is 0. The first kappa shape index (κ1) is 20.5. The van der Waals surface area contributed by atoms with Crippen LogP contribution in [0.5, 0.6) is 0 Å². The first-order chi connectivity index (χ1) is 13.3. The van der Waals surface area contributed by atoms with E-state index in [9.17, 15) is 22.8 Å². The van der Waals surface area contributed by atoms with E-state index in [-0.39, 0.29) is 23.0 Å². The summed E-state index contributed by atoms with van der Waals surface area (Å²) in [4.78, 5) is 27.9. The van der Waals surface area contributed by atoms with Gasteiger partial charge in [0.2, 0.25) is 0 Å². The number of carbonyl (C=O) groups is 2. The Balaban J connectivity index is 1.50. The third-order valence-electron chi connectivity index (χ3n) is 3.96. The molecule has 3 rings (SSSR count). The van der Waals surface area contributed by atoms with Crippen LogP contribution in [0.25, 0.3) is 0 Å². The van der Waals surface area contributed by atoms with E-state index in [0.29, 0.717) is 17.5 Å². The van der Waals surface area contributed by atoms with Crippen LogP contribution in [0.15, 0.2) is 41.6 Å². The van der Waals surface area contributed by atoms with Crippen molar-refractivity contribution >= 4 is 35.2 Å². The van der Waals surface area contributed by atoms with E-state index < -0.39 is 29.7 Å². The Hall–Kier alpha value is -2.26. The topological polar surface area (TPSA) is 68.3 Å². The summed E-state index contributed by atoms with van der Waals surface area (Å²) in [5.41, 5.74) is 0.272. The van der Waals surface area contributed by atoms with Crippen LogP contribution in [0.1, 0.15) is 21.5 Å². The van der Waals surface area contributed by atoms with Crippen molar-refractivity contribution < 1.29 is 27.5 Å². The number of nitrogens with zero attached hydrogens (tertiary/aromatic N) is 1. The van der Waals surface area contributed by atoms with Crippen LogP contribution in [0, 0.1) is 0 Å². The van der Waals surface area contributed by atoms with Crippen LogP contribution >= 0.6 is 23.4 Å². The standard InChI is InChI=1S/C18H14ClF3N2O3S/c19-13-8-11(18(20,21)22)9-24-16(13)28-6-5-23-15(25)14-7-10-3-1-2-4-12(10)17(26)27-14/h1-4,8-9,14H,5-7H2,(H,23,25). The normalized spacial score (nSPS) is 16.3. The molecule has 10 heteroatoms. The van der Waals surface area contributed by atoms with Gasteiger partial charge < -0.3 is 10.1 Å². The fourth-order valence-corrected chi connectivity index (χ4v) is 3.65. The van der Waals surface area contributed by atoms with Gasteiger partial charge in [-0.2, -0.15) is 13.2 Å². The SMILES string of the molecule is O=C1OC(C(=O)NCCSc2ncc(C(F)(F)F)cc2Cl)Cc2ccccc21. The lowest BCUT2D eigenvalue weighted by atomic mass is 9.98. The van der Waals surface area contributed by atoms with Crippen LogP contribution in [0.4, 0.5) is 13.2 Å². The Bertz CT molecular complexity index is 908. The molecule has 0 spiro atoms. The maximum absolute atomic E-state index is 12.6. The van der Waals surface area contributed by atoms with Crippen molar-refractivity contribution in [1.82, 2.24) is 10.3 Å². The number of esters is 1. The van der Waals surface area contributed by atoms with Gasteiger partial charge in [0, 0.05) is 24.9 Å². The largest absolute Gasteiger partial charge is 0.448 e. The number of aromatic nitrogens is 1. The van der Waals surface area contributed by atoms with Crippen molar-refractivity contribution in [3.05, 3.63) is 58.2 Å². The minimum Gasteiger partial charge on any atom is -0.448 e. The molecule has 1 atom stereocenters. The predicted molar refractivity (Wildman–Crippen MR) is 97.3 cm³/mol. The molecular weight excluding hydrogens is 417 g/mol. The number of ether oxygens (including phenoxy) is 1. The van der Waals surface area contributed by atoms with Crippen LogP contribution in [-0.4, -0.2) is 35.3 Å². The molecular formula is C18H14ClF3N2O3S. The van der Waals surface area contributed by atoms with Gasteiger partial charge in [0.15, 0.2) is 6.10 Å². The van der Waals surface area contributed by atoms with Gasteiger partial charge in [-0.05, 0) is 17.7 Å². The second-order valence-corrected chi connectivity index (χ2v) is 7.39. The van der Waals surface area contributed by atoms with Crippen molar-refractivity contribution in [2.45, 2.75) is 23.7 Å². The summed E-state index contributed by atoms with van der Waals surface area (Å²) in [5, 5.41) is 2.77. The Kier molecular flexibility index (Phi) is 6.14. The first-order valence-electron chi connectivity index (χ1n) is 8.18. The summed E-state index contributed by atoms with van der Waals surface area (Å²) in [6.07, 6.45) is -4.43. The molecule has 1 aliphatic rings. The lowest BCUT2D eigenvalue weighted by molar-refractivity contribution is -0.137. The van der Waals surface area contributed by atoms with E-state index in [2.05, 4.69) is 10.3 Å². The van der Waals surface area contributed by atoms with E-state index in [0.717, 1.165) is 23.4 Å². The summed E-state index contributed by atoms with van der Waals surface area (Å²) in [6, 6.07) is 7.73. The van der Waals surface area contributed by atoms with E-state index >= 15 is 0 Å². The molecule has 1 N–H and O–H groups in total. The number of fused-ring (bicyclic) bond motifs is 1. The minimum atomic E-state index is -4.51. The zero-order valence-electron chi connectivity index (χ0n) is 14.3. The lowest BCUT2D eigenvalue weighted by Crippen LogP contribution is -2.42. The second-order valence-electron chi connectivity index (χ2n) is 5.90. The quantitative estimate of drug-likeness (QED) is 0.444. The summed E-state index contributed by atoms with van der Waals surface area (Å²) in [6.45, 7) is 0.207. The Labute approximate surface area is 167 Å². The molecule has 0 saturated heterocycles. The van der Waals surface area contributed by atoms with Gasteiger partial charge in [-0.1, -0.05) is 29.8 Å². The van der Waals surface area contributed by atoms with Gasteiger partial charge in [0.05, 0.1) is 16.1 Å². The number of halogens is 4. The number of thioether (sulfide) groups is 1. The van der Waals surface area contributed by atoms with Crippen LogP contribution in [0.2, 0.25) is 5.02 Å². The van der Waals surface area contributed by atoms with Gasteiger partial charge in [0.25, 0.3) is 5.91 Å². The van der Waals surface area contributed by atoms with E-state index in [1.807, 2.05) is 0 Å². The molecule has 28 heavy (non-hydrogen) atoms. The Morgan fingerprint density at radius 3 is 2.82 bits per heavy atom. The lowest BCUT2D eigenvalue weighted by Gasteiger charge is -2.23. The highest BCUT2D eigenvalue weighted by Gasteiger charge is 2.32. The highest BCUT2D eigenvalue weighted by molar-refractivity contribution is 7.99. The summed E-state index contributed by atoms with van der Waals surface area (Å²) in [5.74, 6) is -0.645. The van der Waals surface area contributed by atoms with E-state index in [1.165, 1.54) is 0 Å². The Morgan fingerprint density at radius 1 is 1.36 bits per heavy atom. The smallest absolute Gasteiger partial charge is 0.417 e. The number of amides is 1. The first-order valence-corrected chi connectivity index (χ1v) is 9.54. The molecule has 0 bridgehead atoms. The highest BCUT2D eigenvalue weighted by atomic mass is 35.5. The molecule has 1 aromatic carbocycles. The van der Waals surface area contributed by atoms with Gasteiger partial charge >= 0.3 is 12.1 Å². The Morgan fingerprint density at radius 2 is 2.11 bits per heavy atom. The second kappa shape index (κ2) is 8.40. The number of hydrogen-bond acceptors (Lipinski definition) is 5. The molecule has 1 amide bonds. The van der Waals surface area contributed by atoms with Crippen molar-refractivity contribution in [3.63, 3.8) is 0 Å². The number of carbonyl (C=O) groups excluding carboxylic acids is 2. The fraction of sp³-hybridized carbons (Fsp3) is 0.278. The van der Waals surface area contributed by atoms with E-state index in [1.54, 1.807) is 24.3 Å².